The number of rotatable bonds is 7. The Morgan fingerprint density at radius 2 is 1.83 bits per heavy atom. The average molecular weight is 322 g/mol. The normalized spacial score (nSPS) is 17.5. The van der Waals surface area contributed by atoms with Crippen molar-refractivity contribution in [2.24, 2.45) is 0 Å². The van der Waals surface area contributed by atoms with Gasteiger partial charge in [-0.2, -0.15) is 0 Å². The fraction of sp³-hybridized carbons (Fsp3) is 0.381. The van der Waals surface area contributed by atoms with E-state index in [1.54, 1.807) is 0 Å². The minimum Gasteiger partial charge on any atom is -0.335 e. The number of benzene rings is 2. The Hall–Kier alpha value is -2.13. The number of likely N-dealkylation sites (tertiary alicyclic amines) is 1. The van der Waals surface area contributed by atoms with Crippen LogP contribution in [0.25, 0.3) is 0 Å². The van der Waals surface area contributed by atoms with Crippen molar-refractivity contribution in [3.63, 3.8) is 0 Å². The third kappa shape index (κ3) is 4.24. The van der Waals surface area contributed by atoms with Gasteiger partial charge in [-0.25, -0.2) is 0 Å². The number of nitrogens with zero attached hydrogens (tertiary/aromatic N) is 1. The second kappa shape index (κ2) is 8.11. The fourth-order valence-electron chi connectivity index (χ4n) is 3.38. The molecule has 0 aliphatic carbocycles. The SMILES string of the molecule is Cc1ccccc1CN1C(=O)CC[C@@H]1CCNCc1ccccc1. The third-order valence-electron chi connectivity index (χ3n) is 4.88. The zero-order valence-electron chi connectivity index (χ0n) is 14.4. The zero-order valence-corrected chi connectivity index (χ0v) is 14.4. The molecule has 0 saturated carbocycles. The second-order valence-electron chi connectivity index (χ2n) is 6.59. The lowest BCUT2D eigenvalue weighted by Crippen LogP contribution is -2.34. The molecule has 0 unspecified atom stereocenters. The van der Waals surface area contributed by atoms with Crippen LogP contribution in [0.5, 0.6) is 0 Å². The van der Waals surface area contributed by atoms with Gasteiger partial charge < -0.3 is 10.2 Å². The van der Waals surface area contributed by atoms with E-state index in [9.17, 15) is 4.79 Å². The smallest absolute Gasteiger partial charge is 0.223 e. The van der Waals surface area contributed by atoms with Crippen LogP contribution in [-0.2, 0) is 17.9 Å². The van der Waals surface area contributed by atoms with E-state index in [-0.39, 0.29) is 0 Å². The van der Waals surface area contributed by atoms with Crippen molar-refractivity contribution >= 4 is 5.91 Å². The molecule has 2 aromatic rings. The van der Waals surface area contributed by atoms with E-state index >= 15 is 0 Å². The standard InChI is InChI=1S/C21H26N2O/c1-17-7-5-6-10-19(17)16-23-20(11-12-21(23)24)13-14-22-15-18-8-3-2-4-9-18/h2-10,20,22H,11-16H2,1H3/t20-/m1/s1. The molecule has 0 spiro atoms. The van der Waals surface area contributed by atoms with E-state index in [1.807, 2.05) is 6.07 Å². The summed E-state index contributed by atoms with van der Waals surface area (Å²) in [5, 5.41) is 3.50. The van der Waals surface area contributed by atoms with E-state index in [0.29, 0.717) is 18.4 Å². The first-order valence-electron chi connectivity index (χ1n) is 8.82. The molecule has 0 bridgehead atoms. The molecule has 3 heteroatoms. The maximum Gasteiger partial charge on any atom is 0.223 e. The molecule has 3 nitrogen and oxygen atoms in total. The predicted molar refractivity (Wildman–Crippen MR) is 97.5 cm³/mol. The highest BCUT2D eigenvalue weighted by Crippen LogP contribution is 2.24. The van der Waals surface area contributed by atoms with Crippen molar-refractivity contribution < 1.29 is 4.79 Å². The van der Waals surface area contributed by atoms with Crippen molar-refractivity contribution in [1.82, 2.24) is 10.2 Å². The van der Waals surface area contributed by atoms with Crippen LogP contribution >= 0.6 is 0 Å². The van der Waals surface area contributed by atoms with E-state index in [1.165, 1.54) is 16.7 Å². The molecule has 1 amide bonds. The molecule has 1 atom stereocenters. The minimum atomic E-state index is 0.298. The van der Waals surface area contributed by atoms with Gasteiger partial charge in [-0.3, -0.25) is 4.79 Å². The summed E-state index contributed by atoms with van der Waals surface area (Å²) in [6, 6.07) is 19.2. The van der Waals surface area contributed by atoms with Crippen LogP contribution < -0.4 is 5.32 Å². The highest BCUT2D eigenvalue weighted by molar-refractivity contribution is 5.78. The summed E-state index contributed by atoms with van der Waals surface area (Å²) in [4.78, 5) is 14.3. The van der Waals surface area contributed by atoms with Crippen molar-refractivity contribution in [1.29, 1.82) is 0 Å². The van der Waals surface area contributed by atoms with Crippen LogP contribution in [0, 0.1) is 6.92 Å². The summed E-state index contributed by atoms with van der Waals surface area (Å²) in [6.07, 6.45) is 2.69. The van der Waals surface area contributed by atoms with Crippen LogP contribution in [-0.4, -0.2) is 23.4 Å². The average Bonchev–Trinajstić information content (AvgIpc) is 2.95. The lowest BCUT2D eigenvalue weighted by atomic mass is 10.1. The Bertz CT molecular complexity index is 669. The first-order chi connectivity index (χ1) is 11.7. The van der Waals surface area contributed by atoms with Crippen LogP contribution in [0.4, 0.5) is 0 Å². The third-order valence-corrected chi connectivity index (χ3v) is 4.88. The molecule has 1 aliphatic heterocycles. The fourth-order valence-corrected chi connectivity index (χ4v) is 3.38. The number of amides is 1. The van der Waals surface area contributed by atoms with Crippen LogP contribution in [0.15, 0.2) is 54.6 Å². The maximum absolute atomic E-state index is 12.3. The molecule has 1 saturated heterocycles. The van der Waals surface area contributed by atoms with Gasteiger partial charge >= 0.3 is 0 Å². The lowest BCUT2D eigenvalue weighted by Gasteiger charge is -2.26. The van der Waals surface area contributed by atoms with Crippen LogP contribution in [0.3, 0.4) is 0 Å². The van der Waals surface area contributed by atoms with Gasteiger partial charge in [-0.05, 0) is 43.0 Å². The summed E-state index contributed by atoms with van der Waals surface area (Å²) in [6.45, 7) is 4.69. The van der Waals surface area contributed by atoms with E-state index in [0.717, 1.165) is 32.5 Å². The van der Waals surface area contributed by atoms with Gasteiger partial charge in [0.05, 0.1) is 0 Å². The number of carbonyl (C=O) groups excluding carboxylic acids is 1. The molecule has 1 N–H and O–H groups in total. The molecule has 126 valence electrons. The Balaban J connectivity index is 1.51. The van der Waals surface area contributed by atoms with Gasteiger partial charge in [-0.1, -0.05) is 54.6 Å². The van der Waals surface area contributed by atoms with E-state index in [4.69, 9.17) is 0 Å². The summed E-state index contributed by atoms with van der Waals surface area (Å²) >= 11 is 0. The zero-order chi connectivity index (χ0) is 16.8. The molecule has 0 radical (unpaired) electrons. The summed E-state index contributed by atoms with van der Waals surface area (Å²) in [5.74, 6) is 0.298. The number of hydrogen-bond donors (Lipinski definition) is 1. The summed E-state index contributed by atoms with van der Waals surface area (Å²) < 4.78 is 0. The first-order valence-corrected chi connectivity index (χ1v) is 8.82. The molecule has 1 fully saturated rings. The highest BCUT2D eigenvalue weighted by atomic mass is 16.2. The van der Waals surface area contributed by atoms with Crippen molar-refractivity contribution in [3.05, 3.63) is 71.3 Å². The predicted octanol–water partition coefficient (Wildman–Crippen LogP) is 3.67. The highest BCUT2D eigenvalue weighted by Gasteiger charge is 2.30. The molecular weight excluding hydrogens is 296 g/mol. The van der Waals surface area contributed by atoms with Gasteiger partial charge in [0, 0.05) is 25.6 Å². The molecule has 2 aromatic carbocycles. The van der Waals surface area contributed by atoms with Crippen molar-refractivity contribution in [2.75, 3.05) is 6.54 Å². The first kappa shape index (κ1) is 16.7. The van der Waals surface area contributed by atoms with Crippen LogP contribution in [0.2, 0.25) is 0 Å². The van der Waals surface area contributed by atoms with E-state index < -0.39 is 0 Å². The van der Waals surface area contributed by atoms with Crippen molar-refractivity contribution in [3.8, 4) is 0 Å². The van der Waals surface area contributed by atoms with Crippen molar-refractivity contribution in [2.45, 2.75) is 45.3 Å². The van der Waals surface area contributed by atoms with Crippen LogP contribution in [0.1, 0.15) is 36.0 Å². The molecular formula is C21H26N2O. The molecule has 1 aliphatic rings. The number of carbonyl (C=O) groups is 1. The van der Waals surface area contributed by atoms with Gasteiger partial charge in [0.25, 0.3) is 0 Å². The Labute approximate surface area is 144 Å². The molecule has 0 aromatic heterocycles. The van der Waals surface area contributed by atoms with Gasteiger partial charge in [0.1, 0.15) is 0 Å². The van der Waals surface area contributed by atoms with E-state index in [2.05, 4.69) is 65.7 Å². The largest absolute Gasteiger partial charge is 0.335 e. The molecule has 3 rings (SSSR count). The van der Waals surface area contributed by atoms with Gasteiger partial charge in [0.15, 0.2) is 0 Å². The second-order valence-corrected chi connectivity index (χ2v) is 6.59. The minimum absolute atomic E-state index is 0.298. The topological polar surface area (TPSA) is 32.3 Å². The number of nitrogens with one attached hydrogen (secondary N) is 1. The Morgan fingerprint density at radius 3 is 2.62 bits per heavy atom. The quantitative estimate of drug-likeness (QED) is 0.789. The lowest BCUT2D eigenvalue weighted by molar-refractivity contribution is -0.129. The monoisotopic (exact) mass is 322 g/mol. The summed E-state index contributed by atoms with van der Waals surface area (Å²) in [5.41, 5.74) is 3.82. The Morgan fingerprint density at radius 1 is 1.08 bits per heavy atom. The number of hydrogen-bond acceptors (Lipinski definition) is 2. The molecule has 1 heterocycles. The molecule has 24 heavy (non-hydrogen) atoms. The van der Waals surface area contributed by atoms with Gasteiger partial charge in [-0.15, -0.1) is 0 Å². The Kier molecular flexibility index (Phi) is 5.65. The number of aryl methyl sites for hydroxylation is 1. The van der Waals surface area contributed by atoms with Gasteiger partial charge in [0.2, 0.25) is 5.91 Å². The maximum atomic E-state index is 12.3. The summed E-state index contributed by atoms with van der Waals surface area (Å²) in [7, 11) is 0.